The number of hydrogen-bond acceptors (Lipinski definition) is 6. The zero-order valence-electron chi connectivity index (χ0n) is 20.2. The highest BCUT2D eigenvalue weighted by Crippen LogP contribution is 2.19. The van der Waals surface area contributed by atoms with Gasteiger partial charge in [-0.25, -0.2) is 0 Å². The molecule has 0 aliphatic carbocycles. The van der Waals surface area contributed by atoms with Crippen LogP contribution < -0.4 is 0 Å². The third-order valence-electron chi connectivity index (χ3n) is 2.12. The number of nitrogens with zero attached hydrogens (tertiary/aromatic N) is 4. The first-order valence-electron chi connectivity index (χ1n) is 9.97. The Labute approximate surface area is 183 Å². The first-order valence-corrected chi connectivity index (χ1v) is 10.3. The molecule has 0 aliphatic rings. The van der Waals surface area contributed by atoms with Crippen LogP contribution in [0.15, 0.2) is 38.9 Å². The molecule has 0 aliphatic heterocycles. The molecular weight excluding hydrogens is 388 g/mol. The Balaban J connectivity index is -0.000000165. The van der Waals surface area contributed by atoms with Crippen molar-refractivity contribution in [2.75, 3.05) is 13.7 Å². The van der Waals surface area contributed by atoms with E-state index in [-0.39, 0.29) is 0 Å². The van der Waals surface area contributed by atoms with Crippen molar-refractivity contribution in [2.45, 2.75) is 69.2 Å². The van der Waals surface area contributed by atoms with Crippen molar-refractivity contribution in [2.24, 2.45) is 10.1 Å². The van der Waals surface area contributed by atoms with Crippen molar-refractivity contribution in [3.63, 3.8) is 0 Å². The fourth-order valence-electron chi connectivity index (χ4n) is 1.19. The fourth-order valence-corrected chi connectivity index (χ4v) is 1.32. The normalized spacial score (nSPS) is 7.59. The molecule has 0 atom stereocenters. The summed E-state index contributed by atoms with van der Waals surface area (Å²) in [5.74, 6) is 1.15. The predicted octanol–water partition coefficient (Wildman–Crippen LogP) is 7.51. The van der Waals surface area contributed by atoms with Crippen molar-refractivity contribution in [1.29, 1.82) is 0 Å². The molecular formula is C22H41ClN4O2. The van der Waals surface area contributed by atoms with Gasteiger partial charge in [0.15, 0.2) is 5.82 Å². The van der Waals surface area contributed by atoms with Crippen LogP contribution in [0.4, 0.5) is 0 Å². The minimum Gasteiger partial charge on any atom is -0.399 e. The van der Waals surface area contributed by atoms with Gasteiger partial charge in [0.1, 0.15) is 7.11 Å². The topological polar surface area (TPSA) is 72.9 Å². The monoisotopic (exact) mass is 428 g/mol. The lowest BCUT2D eigenvalue weighted by molar-refractivity contribution is 0.213. The molecule has 1 aromatic heterocycles. The van der Waals surface area contributed by atoms with Crippen LogP contribution in [0, 0.1) is 6.92 Å². The standard InChI is InChI=1S/C9H7ClN2O.C4H9NO.C3H7N.3C2H6/c1-6-11-9(13-12-6)7-2-4-8(10)5-3-7;1-4(2)5-6-3;1-3-4-2;3*1-2/h2-5H,1H3;1-3H3;2-3H2,1H3;3*1-2H3. The maximum Gasteiger partial charge on any atom is 0.257 e. The molecule has 1 heterocycles. The van der Waals surface area contributed by atoms with Gasteiger partial charge in [0, 0.05) is 17.1 Å². The third kappa shape index (κ3) is 23.8. The molecule has 0 N–H and O–H groups in total. The smallest absolute Gasteiger partial charge is 0.257 e. The molecule has 1 aromatic carbocycles. The largest absolute Gasteiger partial charge is 0.399 e. The van der Waals surface area contributed by atoms with Crippen LogP contribution in [0.2, 0.25) is 5.02 Å². The van der Waals surface area contributed by atoms with Crippen molar-refractivity contribution in [1.82, 2.24) is 10.1 Å². The summed E-state index contributed by atoms with van der Waals surface area (Å²) in [6.45, 7) is 23.6. The van der Waals surface area contributed by atoms with E-state index in [2.05, 4.69) is 31.8 Å². The number of hydrogen-bond donors (Lipinski definition) is 0. The van der Waals surface area contributed by atoms with E-state index in [0.717, 1.165) is 17.8 Å². The van der Waals surface area contributed by atoms with Crippen LogP contribution in [0.3, 0.4) is 0 Å². The SMILES string of the molecule is C=NCC.CC.CC.CC.CON=C(C)C.Cc1noc(-c2ccc(Cl)cc2)n1. The second kappa shape index (κ2) is 28.0. The number of benzene rings is 1. The Morgan fingerprint density at radius 2 is 1.52 bits per heavy atom. The number of rotatable bonds is 3. The van der Waals surface area contributed by atoms with Crippen molar-refractivity contribution in [3.8, 4) is 11.5 Å². The van der Waals surface area contributed by atoms with Gasteiger partial charge in [0.25, 0.3) is 5.89 Å². The highest BCUT2D eigenvalue weighted by atomic mass is 35.5. The van der Waals surface area contributed by atoms with E-state index >= 15 is 0 Å². The Hall–Kier alpha value is -2.21. The summed E-state index contributed by atoms with van der Waals surface area (Å²) in [5, 5.41) is 7.93. The van der Waals surface area contributed by atoms with E-state index < -0.39 is 0 Å². The van der Waals surface area contributed by atoms with Crippen LogP contribution in [0.25, 0.3) is 11.5 Å². The van der Waals surface area contributed by atoms with E-state index in [9.17, 15) is 0 Å². The zero-order chi connectivity index (χ0) is 23.7. The van der Waals surface area contributed by atoms with Gasteiger partial charge >= 0.3 is 0 Å². The maximum atomic E-state index is 5.74. The number of halogens is 1. The Morgan fingerprint density at radius 3 is 1.76 bits per heavy atom. The van der Waals surface area contributed by atoms with Crippen LogP contribution in [0.5, 0.6) is 0 Å². The first-order chi connectivity index (χ1) is 13.9. The van der Waals surface area contributed by atoms with E-state index in [4.69, 9.17) is 16.1 Å². The average molecular weight is 429 g/mol. The fraction of sp³-hybridized carbons (Fsp3) is 0.545. The van der Waals surface area contributed by atoms with E-state index in [1.807, 2.05) is 74.4 Å². The average Bonchev–Trinajstić information content (AvgIpc) is 3.20. The zero-order valence-corrected chi connectivity index (χ0v) is 21.0. The number of oxime groups is 1. The molecule has 0 saturated heterocycles. The molecule has 0 spiro atoms. The van der Waals surface area contributed by atoms with Gasteiger partial charge in [-0.2, -0.15) is 4.98 Å². The van der Waals surface area contributed by atoms with Crippen LogP contribution in [-0.2, 0) is 4.84 Å². The quantitative estimate of drug-likeness (QED) is 0.374. The summed E-state index contributed by atoms with van der Waals surface area (Å²) in [6, 6.07) is 7.26. The highest BCUT2D eigenvalue weighted by Gasteiger charge is 2.04. The molecule has 0 saturated carbocycles. The van der Waals surface area contributed by atoms with E-state index in [0.29, 0.717) is 16.7 Å². The van der Waals surface area contributed by atoms with Gasteiger partial charge in [-0.15, -0.1) is 0 Å². The summed E-state index contributed by atoms with van der Waals surface area (Å²) < 4.78 is 4.99. The summed E-state index contributed by atoms with van der Waals surface area (Å²) >= 11 is 5.74. The molecule has 0 unspecified atom stereocenters. The second-order valence-electron chi connectivity index (χ2n) is 4.41. The number of aryl methyl sites for hydroxylation is 1. The van der Waals surface area contributed by atoms with Gasteiger partial charge in [0.2, 0.25) is 0 Å². The molecule has 168 valence electrons. The summed E-state index contributed by atoms with van der Waals surface area (Å²) in [5.41, 5.74) is 1.82. The molecule has 2 aromatic rings. The van der Waals surface area contributed by atoms with Gasteiger partial charge in [0.05, 0.1) is 5.71 Å². The number of aliphatic imine (C=N–C) groups is 1. The van der Waals surface area contributed by atoms with Gasteiger partial charge in [-0.1, -0.05) is 63.5 Å². The van der Waals surface area contributed by atoms with E-state index in [1.54, 1.807) is 19.1 Å². The molecule has 29 heavy (non-hydrogen) atoms. The lowest BCUT2D eigenvalue weighted by Gasteiger charge is -1.92. The van der Waals surface area contributed by atoms with Gasteiger partial charge in [-0.05, 0) is 58.7 Å². The van der Waals surface area contributed by atoms with Crippen molar-refractivity contribution < 1.29 is 9.36 Å². The molecule has 0 radical (unpaired) electrons. The van der Waals surface area contributed by atoms with Crippen molar-refractivity contribution in [3.05, 3.63) is 35.1 Å². The molecule has 0 bridgehead atoms. The molecule has 0 amide bonds. The third-order valence-corrected chi connectivity index (χ3v) is 2.37. The maximum absolute atomic E-state index is 5.74. The highest BCUT2D eigenvalue weighted by molar-refractivity contribution is 6.30. The minimum atomic E-state index is 0.522. The molecule has 7 heteroatoms. The van der Waals surface area contributed by atoms with Crippen LogP contribution in [0.1, 0.15) is 68.1 Å². The molecule has 2 rings (SSSR count). The lowest BCUT2D eigenvalue weighted by Crippen LogP contribution is -1.79. The lowest BCUT2D eigenvalue weighted by atomic mass is 10.2. The number of aromatic nitrogens is 2. The first kappa shape index (κ1) is 34.3. The Morgan fingerprint density at radius 1 is 1.07 bits per heavy atom. The van der Waals surface area contributed by atoms with E-state index in [1.165, 1.54) is 7.11 Å². The Bertz CT molecular complexity index is 593. The summed E-state index contributed by atoms with van der Waals surface area (Å²) in [4.78, 5) is 12.0. The molecule has 6 nitrogen and oxygen atoms in total. The van der Waals surface area contributed by atoms with Crippen molar-refractivity contribution >= 4 is 24.0 Å². The predicted molar refractivity (Wildman–Crippen MR) is 129 cm³/mol. The Kier molecular flexibility index (Phi) is 33.1. The summed E-state index contributed by atoms with van der Waals surface area (Å²) in [7, 11) is 1.53. The van der Waals surface area contributed by atoms with Gasteiger partial charge < -0.3 is 14.4 Å². The van der Waals surface area contributed by atoms with Gasteiger partial charge in [-0.3, -0.25) is 0 Å². The second-order valence-corrected chi connectivity index (χ2v) is 4.85. The molecule has 0 fully saturated rings. The van der Waals surface area contributed by atoms with Crippen LogP contribution in [-0.4, -0.2) is 36.2 Å². The van der Waals surface area contributed by atoms with Crippen LogP contribution >= 0.6 is 11.6 Å². The summed E-state index contributed by atoms with van der Waals surface area (Å²) in [6.07, 6.45) is 0. The minimum absolute atomic E-state index is 0.522.